The molecule has 0 saturated heterocycles. The van der Waals surface area contributed by atoms with Gasteiger partial charge in [-0.05, 0) is 6.42 Å². The van der Waals surface area contributed by atoms with Crippen LogP contribution in [-0.4, -0.2) is 14.2 Å². The van der Waals surface area contributed by atoms with Crippen LogP contribution in [0.15, 0.2) is 0 Å². The molecular weight excluding hydrogens is 180 g/mol. The highest BCUT2D eigenvalue weighted by Gasteiger charge is 1.98. The summed E-state index contributed by atoms with van der Waals surface area (Å²) in [4.78, 5) is 0. The molecule has 0 aromatic rings. The molecule has 0 heterocycles. The summed E-state index contributed by atoms with van der Waals surface area (Å²) < 4.78 is 20.3. The van der Waals surface area contributed by atoms with Gasteiger partial charge in [0.2, 0.25) is 8.27 Å². The van der Waals surface area contributed by atoms with Gasteiger partial charge in [0.1, 0.15) is 0 Å². The van der Waals surface area contributed by atoms with Crippen molar-refractivity contribution in [2.75, 3.05) is 5.75 Å². The molecule has 0 N–H and O–H groups in total. The van der Waals surface area contributed by atoms with Crippen LogP contribution in [0, 0.1) is 0 Å². The molecular formula is C3H7BrO2S. The minimum atomic E-state index is -2.86. The smallest absolute Gasteiger partial charge is 0.209 e. The maximum absolute atomic E-state index is 10.1. The van der Waals surface area contributed by atoms with Crippen LogP contribution in [0.3, 0.4) is 0 Å². The summed E-state index contributed by atoms with van der Waals surface area (Å²) >= 11 is 2.51. The van der Waals surface area contributed by atoms with Crippen LogP contribution in [0.2, 0.25) is 0 Å². The number of halogens is 1. The summed E-state index contributed by atoms with van der Waals surface area (Å²) in [5.74, 6) is 0.229. The number of hydrogen-bond acceptors (Lipinski definition) is 2. The van der Waals surface area contributed by atoms with Crippen LogP contribution in [-0.2, 0) is 8.27 Å². The van der Waals surface area contributed by atoms with Gasteiger partial charge in [0.25, 0.3) is 0 Å². The lowest BCUT2D eigenvalue weighted by Crippen LogP contribution is -1.92. The van der Waals surface area contributed by atoms with Gasteiger partial charge in [-0.2, -0.15) is 0 Å². The monoisotopic (exact) mass is 186 g/mol. The maximum Gasteiger partial charge on any atom is 0.209 e. The molecule has 0 aromatic heterocycles. The van der Waals surface area contributed by atoms with E-state index in [4.69, 9.17) is 0 Å². The van der Waals surface area contributed by atoms with E-state index >= 15 is 0 Å². The summed E-state index contributed by atoms with van der Waals surface area (Å²) in [7, 11) is -2.86. The third-order valence-electron chi connectivity index (χ3n) is 0.448. The molecule has 0 spiro atoms. The summed E-state index contributed by atoms with van der Waals surface area (Å²) in [6.45, 7) is 1.82. The number of hydrogen-bond donors (Lipinski definition) is 0. The van der Waals surface area contributed by atoms with Gasteiger partial charge in [-0.3, -0.25) is 0 Å². The third-order valence-corrected chi connectivity index (χ3v) is 2.32. The molecule has 0 aliphatic heterocycles. The van der Waals surface area contributed by atoms with Crippen molar-refractivity contribution in [1.29, 1.82) is 0 Å². The first-order chi connectivity index (χ1) is 3.06. The summed E-state index contributed by atoms with van der Waals surface area (Å²) in [5.41, 5.74) is 0. The zero-order chi connectivity index (χ0) is 5.91. The Kier molecular flexibility index (Phi) is 2.83. The van der Waals surface area contributed by atoms with Crippen molar-refractivity contribution in [3.63, 3.8) is 0 Å². The lowest BCUT2D eigenvalue weighted by molar-refractivity contribution is 0.610. The fraction of sp³-hybridized carbons (Fsp3) is 1.00. The van der Waals surface area contributed by atoms with Crippen LogP contribution < -0.4 is 0 Å². The van der Waals surface area contributed by atoms with Gasteiger partial charge < -0.3 is 0 Å². The van der Waals surface area contributed by atoms with Gasteiger partial charge in [0.05, 0.1) is 20.6 Å². The van der Waals surface area contributed by atoms with Crippen molar-refractivity contribution in [1.82, 2.24) is 0 Å². The van der Waals surface area contributed by atoms with Crippen molar-refractivity contribution in [3.8, 4) is 0 Å². The topological polar surface area (TPSA) is 34.1 Å². The molecule has 0 aromatic carbocycles. The quantitative estimate of drug-likeness (QED) is 0.607. The van der Waals surface area contributed by atoms with Crippen LogP contribution in [0.25, 0.3) is 0 Å². The molecule has 0 fully saturated rings. The van der Waals surface area contributed by atoms with Gasteiger partial charge in [-0.25, -0.2) is 8.42 Å². The summed E-state index contributed by atoms with van der Waals surface area (Å²) in [6, 6.07) is 0. The first kappa shape index (κ1) is 7.43. The maximum atomic E-state index is 10.1. The fourth-order valence-electron chi connectivity index (χ4n) is 0.244. The van der Waals surface area contributed by atoms with Gasteiger partial charge in [0.15, 0.2) is 0 Å². The van der Waals surface area contributed by atoms with E-state index in [9.17, 15) is 8.42 Å². The Morgan fingerprint density at radius 1 is 1.57 bits per heavy atom. The Morgan fingerprint density at radius 2 is 2.00 bits per heavy atom. The molecule has 44 valence electrons. The van der Waals surface area contributed by atoms with Crippen molar-refractivity contribution in [3.05, 3.63) is 0 Å². The highest BCUT2D eigenvalue weighted by molar-refractivity contribution is 9.47. The molecule has 2 nitrogen and oxygen atoms in total. The molecule has 0 atom stereocenters. The largest absolute Gasteiger partial charge is 0.217 e. The highest BCUT2D eigenvalue weighted by atomic mass is 79.9. The Hall–Kier alpha value is 0.430. The van der Waals surface area contributed by atoms with Crippen LogP contribution in [0.5, 0.6) is 0 Å². The molecule has 0 bridgehead atoms. The molecule has 0 saturated carbocycles. The van der Waals surface area contributed by atoms with Crippen molar-refractivity contribution in [2.45, 2.75) is 13.3 Å². The van der Waals surface area contributed by atoms with Gasteiger partial charge in [-0.15, -0.1) is 0 Å². The van der Waals surface area contributed by atoms with Gasteiger partial charge in [-0.1, -0.05) is 6.92 Å². The number of rotatable bonds is 2. The second-order valence-corrected chi connectivity index (χ2v) is 5.69. The first-order valence-corrected chi connectivity index (χ1v) is 5.48. The van der Waals surface area contributed by atoms with Crippen LogP contribution in [0.1, 0.15) is 13.3 Å². The van der Waals surface area contributed by atoms with Crippen LogP contribution in [0.4, 0.5) is 0 Å². The Balaban J connectivity index is 3.60. The van der Waals surface area contributed by atoms with Crippen molar-refractivity contribution >= 4 is 23.1 Å². The van der Waals surface area contributed by atoms with Crippen LogP contribution >= 0.6 is 14.8 Å². The minimum Gasteiger partial charge on any atom is -0.217 e. The van der Waals surface area contributed by atoms with Crippen molar-refractivity contribution in [2.24, 2.45) is 0 Å². The molecule has 0 aliphatic carbocycles. The lowest BCUT2D eigenvalue weighted by atomic mass is 10.6. The summed E-state index contributed by atoms with van der Waals surface area (Å²) in [5, 5.41) is 0. The van der Waals surface area contributed by atoms with E-state index in [0.717, 1.165) is 0 Å². The predicted octanol–water partition coefficient (Wildman–Crippen LogP) is 1.12. The lowest BCUT2D eigenvalue weighted by Gasteiger charge is -1.84. The first-order valence-electron chi connectivity index (χ1n) is 1.98. The fourth-order valence-corrected chi connectivity index (χ4v) is 1.70. The SMILES string of the molecule is CCCS(=O)(=O)Br. The molecule has 7 heavy (non-hydrogen) atoms. The molecule has 0 amide bonds. The molecule has 0 aliphatic rings. The minimum absolute atomic E-state index is 0.229. The summed E-state index contributed by atoms with van der Waals surface area (Å²) in [6.07, 6.45) is 0.674. The standard InChI is InChI=1S/C3H7BrO2S/c1-2-3-7(4,5)6/h2-3H2,1H3. The molecule has 0 radical (unpaired) electrons. The Morgan fingerprint density at radius 3 is 2.00 bits per heavy atom. The molecule has 0 unspecified atom stereocenters. The third kappa shape index (κ3) is 6.43. The molecule has 4 heteroatoms. The second-order valence-electron chi connectivity index (χ2n) is 1.24. The normalized spacial score (nSPS) is 11.7. The van der Waals surface area contributed by atoms with E-state index in [1.54, 1.807) is 0 Å². The predicted molar refractivity (Wildman–Crippen MR) is 33.0 cm³/mol. The highest BCUT2D eigenvalue weighted by Crippen LogP contribution is 2.00. The van der Waals surface area contributed by atoms with E-state index in [-0.39, 0.29) is 5.75 Å². The van der Waals surface area contributed by atoms with E-state index in [2.05, 4.69) is 14.8 Å². The zero-order valence-electron chi connectivity index (χ0n) is 4.02. The average molecular weight is 187 g/mol. The Bertz CT molecular complexity index is 126. The van der Waals surface area contributed by atoms with Gasteiger partial charge in [0, 0.05) is 0 Å². The van der Waals surface area contributed by atoms with E-state index in [1.807, 2.05) is 6.92 Å². The van der Waals surface area contributed by atoms with E-state index < -0.39 is 8.27 Å². The van der Waals surface area contributed by atoms with Gasteiger partial charge >= 0.3 is 0 Å². The second kappa shape index (κ2) is 2.67. The molecule has 0 rings (SSSR count). The van der Waals surface area contributed by atoms with E-state index in [0.29, 0.717) is 6.42 Å². The zero-order valence-corrected chi connectivity index (χ0v) is 6.42. The Labute approximate surface area is 51.0 Å². The van der Waals surface area contributed by atoms with Crippen molar-refractivity contribution < 1.29 is 8.42 Å². The van der Waals surface area contributed by atoms with E-state index in [1.165, 1.54) is 0 Å². The average Bonchev–Trinajstić information content (AvgIpc) is 1.30.